The third-order valence-corrected chi connectivity index (χ3v) is 8.41. The Morgan fingerprint density at radius 3 is 2.74 bits per heavy atom. The molecule has 2 fully saturated rings. The number of imidazole rings is 1. The van der Waals surface area contributed by atoms with Crippen molar-refractivity contribution in [3.63, 3.8) is 0 Å². The smallest absolute Gasteiger partial charge is 0.242 e. The number of amides is 1. The maximum Gasteiger partial charge on any atom is 0.242 e. The second kappa shape index (κ2) is 9.56. The van der Waals surface area contributed by atoms with Crippen molar-refractivity contribution in [1.82, 2.24) is 19.8 Å². The summed E-state index contributed by atoms with van der Waals surface area (Å²) in [6.07, 6.45) is 11.0. The van der Waals surface area contributed by atoms with Crippen LogP contribution in [0.2, 0.25) is 0 Å². The van der Waals surface area contributed by atoms with Crippen molar-refractivity contribution in [3.8, 4) is 0 Å². The summed E-state index contributed by atoms with van der Waals surface area (Å²) in [5, 5.41) is 4.00. The highest BCUT2D eigenvalue weighted by atomic mass is 35.5. The van der Waals surface area contributed by atoms with Crippen molar-refractivity contribution in [1.29, 1.82) is 0 Å². The molecule has 2 saturated heterocycles. The Bertz CT molecular complexity index is 1110. The normalized spacial score (nSPS) is 28.8. The molecular formula is C26H33Cl2N5O. The highest BCUT2D eigenvalue weighted by Crippen LogP contribution is 2.34. The van der Waals surface area contributed by atoms with Crippen molar-refractivity contribution in [2.75, 3.05) is 37.6 Å². The maximum absolute atomic E-state index is 13.2. The largest absolute Gasteiger partial charge is 0.368 e. The first-order chi connectivity index (χ1) is 16.4. The summed E-state index contributed by atoms with van der Waals surface area (Å²) in [4.78, 5) is 22.2. The van der Waals surface area contributed by atoms with E-state index in [2.05, 4.69) is 57.9 Å². The van der Waals surface area contributed by atoms with Crippen LogP contribution in [-0.2, 0) is 4.79 Å². The molecule has 1 N–H and O–H groups in total. The van der Waals surface area contributed by atoms with E-state index in [9.17, 15) is 4.79 Å². The molecule has 34 heavy (non-hydrogen) atoms. The monoisotopic (exact) mass is 501 g/mol. The average Bonchev–Trinajstić information content (AvgIpc) is 3.27. The fourth-order valence-electron chi connectivity index (χ4n) is 5.53. The molecule has 8 heteroatoms. The van der Waals surface area contributed by atoms with Crippen molar-refractivity contribution in [3.05, 3.63) is 47.8 Å². The molecule has 0 spiro atoms. The molecule has 0 radical (unpaired) electrons. The van der Waals surface area contributed by atoms with E-state index in [0.717, 1.165) is 63.0 Å². The standard InChI is InChI=1S/C26H33Cl2N5O/c1-18(21-7-5-19(27)15-22(21)28)33-17-29-23-8-6-20(16-24(23)33)31-11-13-32(14-12-31)25(34)26(2)9-3-4-10-30-26/h5-8,15-18,21-22,30H,3-4,9-14H2,1-2H3. The number of halogens is 2. The minimum absolute atomic E-state index is 0.134. The van der Waals surface area contributed by atoms with Crippen LogP contribution in [0.4, 0.5) is 5.69 Å². The maximum atomic E-state index is 13.2. The number of hydrogen-bond acceptors (Lipinski definition) is 4. The number of fused-ring (bicyclic) bond motifs is 1. The van der Waals surface area contributed by atoms with Gasteiger partial charge in [0.1, 0.15) is 0 Å². The fourth-order valence-corrected chi connectivity index (χ4v) is 6.23. The van der Waals surface area contributed by atoms with Crippen LogP contribution in [0.3, 0.4) is 0 Å². The Balaban J connectivity index is 1.30. The lowest BCUT2D eigenvalue weighted by Gasteiger charge is -2.42. The van der Waals surface area contributed by atoms with Gasteiger partial charge in [-0.3, -0.25) is 4.79 Å². The third-order valence-electron chi connectivity index (χ3n) is 7.74. The Morgan fingerprint density at radius 2 is 2.03 bits per heavy atom. The molecule has 1 aromatic carbocycles. The van der Waals surface area contributed by atoms with E-state index in [-0.39, 0.29) is 23.2 Å². The first-order valence-electron chi connectivity index (χ1n) is 12.3. The summed E-state index contributed by atoms with van der Waals surface area (Å²) in [5.74, 6) is 0.383. The van der Waals surface area contributed by atoms with E-state index in [1.807, 2.05) is 23.4 Å². The van der Waals surface area contributed by atoms with Crippen LogP contribution in [-0.4, -0.2) is 64.0 Å². The summed E-state index contributed by atoms with van der Waals surface area (Å²) < 4.78 is 2.21. The van der Waals surface area contributed by atoms with Gasteiger partial charge >= 0.3 is 0 Å². The number of aromatic nitrogens is 2. The highest BCUT2D eigenvalue weighted by Gasteiger charge is 2.38. The molecule has 2 aromatic rings. The molecule has 182 valence electrons. The number of nitrogens with one attached hydrogen (secondary N) is 1. The number of hydrogen-bond donors (Lipinski definition) is 1. The number of carbonyl (C=O) groups is 1. The van der Waals surface area contributed by atoms with Gasteiger partial charge < -0.3 is 19.7 Å². The van der Waals surface area contributed by atoms with E-state index < -0.39 is 5.54 Å². The van der Waals surface area contributed by atoms with Crippen molar-refractivity contribution >= 4 is 45.8 Å². The van der Waals surface area contributed by atoms with E-state index in [1.165, 1.54) is 5.69 Å². The van der Waals surface area contributed by atoms with Gasteiger partial charge in [-0.25, -0.2) is 4.98 Å². The first-order valence-corrected chi connectivity index (χ1v) is 13.1. The number of anilines is 1. The number of allylic oxidation sites excluding steroid dienone is 4. The third kappa shape index (κ3) is 4.48. The summed E-state index contributed by atoms with van der Waals surface area (Å²) >= 11 is 12.7. The molecule has 1 amide bonds. The van der Waals surface area contributed by atoms with Gasteiger partial charge in [-0.05, 0) is 70.0 Å². The van der Waals surface area contributed by atoms with E-state index in [4.69, 9.17) is 23.2 Å². The molecule has 1 aliphatic carbocycles. The number of benzene rings is 1. The zero-order valence-electron chi connectivity index (χ0n) is 19.9. The van der Waals surface area contributed by atoms with Crippen LogP contribution in [0.15, 0.2) is 47.8 Å². The SMILES string of the molecule is CC(C1C=CC(Cl)=CC1Cl)n1cnc2ccc(N3CCN(C(=O)C4(C)CCCCN4)CC3)cc21. The Morgan fingerprint density at radius 1 is 1.24 bits per heavy atom. The molecule has 4 unspecified atom stereocenters. The van der Waals surface area contributed by atoms with Crippen LogP contribution >= 0.6 is 23.2 Å². The van der Waals surface area contributed by atoms with Gasteiger partial charge in [-0.15, -0.1) is 11.6 Å². The van der Waals surface area contributed by atoms with Crippen LogP contribution in [0.1, 0.15) is 39.2 Å². The van der Waals surface area contributed by atoms with Crippen LogP contribution in [0.5, 0.6) is 0 Å². The van der Waals surface area contributed by atoms with Gasteiger partial charge in [0.15, 0.2) is 0 Å². The molecule has 4 atom stereocenters. The van der Waals surface area contributed by atoms with E-state index >= 15 is 0 Å². The lowest BCUT2D eigenvalue weighted by molar-refractivity contribution is -0.139. The molecule has 2 aliphatic heterocycles. The van der Waals surface area contributed by atoms with Gasteiger partial charge in [0.2, 0.25) is 5.91 Å². The number of rotatable bonds is 4. The van der Waals surface area contributed by atoms with Gasteiger partial charge in [0, 0.05) is 48.9 Å². The van der Waals surface area contributed by atoms with Crippen molar-refractivity contribution in [2.45, 2.75) is 50.1 Å². The van der Waals surface area contributed by atoms with E-state index in [1.54, 1.807) is 0 Å². The Labute approximate surface area is 211 Å². The van der Waals surface area contributed by atoms with Gasteiger partial charge in [0.25, 0.3) is 0 Å². The zero-order valence-corrected chi connectivity index (χ0v) is 21.4. The minimum Gasteiger partial charge on any atom is -0.368 e. The highest BCUT2D eigenvalue weighted by molar-refractivity contribution is 6.32. The lowest BCUT2D eigenvalue weighted by Crippen LogP contribution is -2.61. The molecule has 5 rings (SSSR count). The number of nitrogens with zero attached hydrogens (tertiary/aromatic N) is 4. The number of piperidine rings is 1. The van der Waals surface area contributed by atoms with Crippen molar-refractivity contribution in [2.24, 2.45) is 5.92 Å². The van der Waals surface area contributed by atoms with Crippen molar-refractivity contribution < 1.29 is 4.79 Å². The predicted molar refractivity (Wildman–Crippen MR) is 140 cm³/mol. The lowest BCUT2D eigenvalue weighted by atomic mass is 9.89. The summed E-state index contributed by atoms with van der Waals surface area (Å²) in [7, 11) is 0. The number of piperazine rings is 1. The molecule has 1 aromatic heterocycles. The second-order valence-electron chi connectivity index (χ2n) is 9.99. The fraction of sp³-hybridized carbons (Fsp3) is 0.538. The Hall–Kier alpha value is -2.02. The molecule has 3 aliphatic rings. The molecule has 6 nitrogen and oxygen atoms in total. The molecular weight excluding hydrogens is 469 g/mol. The van der Waals surface area contributed by atoms with E-state index in [0.29, 0.717) is 5.03 Å². The van der Waals surface area contributed by atoms with Gasteiger partial charge in [-0.2, -0.15) is 0 Å². The number of alkyl halides is 1. The topological polar surface area (TPSA) is 53.4 Å². The van der Waals surface area contributed by atoms with Crippen LogP contribution in [0.25, 0.3) is 11.0 Å². The van der Waals surface area contributed by atoms with Crippen LogP contribution < -0.4 is 10.2 Å². The molecule has 3 heterocycles. The van der Waals surface area contributed by atoms with Crippen LogP contribution in [0, 0.1) is 5.92 Å². The molecule has 0 saturated carbocycles. The summed E-state index contributed by atoms with van der Waals surface area (Å²) in [5.41, 5.74) is 2.83. The molecule has 0 bridgehead atoms. The van der Waals surface area contributed by atoms with Gasteiger partial charge in [-0.1, -0.05) is 17.7 Å². The van der Waals surface area contributed by atoms with Gasteiger partial charge in [0.05, 0.1) is 28.3 Å². The first kappa shape index (κ1) is 23.7. The Kier molecular flexibility index (Phi) is 6.66. The quantitative estimate of drug-likeness (QED) is 0.617. The minimum atomic E-state index is -0.408. The zero-order chi connectivity index (χ0) is 23.9. The average molecular weight is 502 g/mol. The summed E-state index contributed by atoms with van der Waals surface area (Å²) in [6.45, 7) is 8.32. The number of carbonyl (C=O) groups excluding carboxylic acids is 1. The predicted octanol–water partition coefficient (Wildman–Crippen LogP) is 4.69. The summed E-state index contributed by atoms with van der Waals surface area (Å²) in [6, 6.07) is 6.58. The second-order valence-corrected chi connectivity index (χ2v) is 10.9.